The predicted octanol–water partition coefficient (Wildman–Crippen LogP) is 4.61. The fraction of sp³-hybridized carbons (Fsp3) is 0.286. The molecule has 3 aromatic carbocycles. The Morgan fingerprint density at radius 1 is 1.00 bits per heavy atom. The highest BCUT2D eigenvalue weighted by atomic mass is 16.5. The van der Waals surface area contributed by atoms with Crippen molar-refractivity contribution in [2.45, 2.75) is 38.8 Å². The fourth-order valence-electron chi connectivity index (χ4n) is 4.54. The van der Waals surface area contributed by atoms with E-state index in [2.05, 4.69) is 4.57 Å². The SMILES string of the molecule is Cc1ccc(OCC(O)Cn2c(C3CC(=O)N(c4ccc(C)cc4)C3)nc3ccccc32)cc1. The molecule has 6 heteroatoms. The Kier molecular flexibility index (Phi) is 6.07. The topological polar surface area (TPSA) is 67.6 Å². The second-order valence-corrected chi connectivity index (χ2v) is 9.09. The lowest BCUT2D eigenvalue weighted by atomic mass is 10.1. The van der Waals surface area contributed by atoms with Crippen LogP contribution < -0.4 is 9.64 Å². The second kappa shape index (κ2) is 9.31. The molecule has 2 atom stereocenters. The van der Waals surface area contributed by atoms with Crippen molar-refractivity contribution in [2.24, 2.45) is 0 Å². The van der Waals surface area contributed by atoms with Gasteiger partial charge >= 0.3 is 0 Å². The van der Waals surface area contributed by atoms with Crippen LogP contribution in [0, 0.1) is 13.8 Å². The second-order valence-electron chi connectivity index (χ2n) is 9.09. The predicted molar refractivity (Wildman–Crippen MR) is 133 cm³/mol. The average molecular weight is 456 g/mol. The number of para-hydroxylation sites is 2. The molecule has 174 valence electrons. The minimum absolute atomic E-state index is 0.0496. The average Bonchev–Trinajstić information content (AvgIpc) is 3.40. The zero-order valence-corrected chi connectivity index (χ0v) is 19.5. The first-order valence-electron chi connectivity index (χ1n) is 11.7. The first kappa shape index (κ1) is 22.2. The number of benzene rings is 3. The van der Waals surface area contributed by atoms with Crippen LogP contribution in [-0.2, 0) is 11.3 Å². The van der Waals surface area contributed by atoms with E-state index in [1.54, 1.807) is 0 Å². The molecule has 1 aromatic heterocycles. The summed E-state index contributed by atoms with van der Waals surface area (Å²) in [5.74, 6) is 1.61. The van der Waals surface area contributed by atoms with Gasteiger partial charge in [-0.05, 0) is 50.2 Å². The molecule has 0 saturated carbocycles. The minimum atomic E-state index is -0.719. The number of carbonyl (C=O) groups is 1. The van der Waals surface area contributed by atoms with Gasteiger partial charge < -0.3 is 19.3 Å². The van der Waals surface area contributed by atoms with Crippen LogP contribution in [0.25, 0.3) is 11.0 Å². The standard InChI is InChI=1S/C28H29N3O3/c1-19-7-11-22(12-8-19)30-16-21(15-27(30)33)28-29-25-5-3-4-6-26(25)31(28)17-23(32)18-34-24-13-9-20(2)10-14-24/h3-14,21,23,32H,15-18H2,1-2H3. The first-order chi connectivity index (χ1) is 16.5. The highest BCUT2D eigenvalue weighted by molar-refractivity contribution is 5.96. The van der Waals surface area contributed by atoms with E-state index >= 15 is 0 Å². The van der Waals surface area contributed by atoms with Gasteiger partial charge in [-0.1, -0.05) is 47.5 Å². The molecule has 6 nitrogen and oxygen atoms in total. The van der Waals surface area contributed by atoms with Crippen molar-refractivity contribution >= 4 is 22.6 Å². The normalized spacial score (nSPS) is 16.9. The summed E-state index contributed by atoms with van der Waals surface area (Å²) in [6.45, 7) is 5.15. The molecular weight excluding hydrogens is 426 g/mol. The number of aryl methyl sites for hydroxylation is 2. The van der Waals surface area contributed by atoms with Gasteiger partial charge in [-0.3, -0.25) is 4.79 Å². The van der Waals surface area contributed by atoms with E-state index in [9.17, 15) is 9.90 Å². The Morgan fingerprint density at radius 2 is 1.68 bits per heavy atom. The van der Waals surface area contributed by atoms with Crippen LogP contribution in [0.2, 0.25) is 0 Å². The molecule has 0 bridgehead atoms. The summed E-state index contributed by atoms with van der Waals surface area (Å²) in [5, 5.41) is 10.8. The molecule has 1 aliphatic rings. The Balaban J connectivity index is 1.37. The van der Waals surface area contributed by atoms with E-state index in [0.29, 0.717) is 19.5 Å². The molecule has 1 aliphatic heterocycles. The highest BCUT2D eigenvalue weighted by Gasteiger charge is 2.35. The molecule has 1 amide bonds. The van der Waals surface area contributed by atoms with Gasteiger partial charge in [0.05, 0.1) is 17.6 Å². The minimum Gasteiger partial charge on any atom is -0.491 e. The zero-order chi connectivity index (χ0) is 23.7. The zero-order valence-electron chi connectivity index (χ0n) is 19.5. The number of carbonyl (C=O) groups excluding carboxylic acids is 1. The van der Waals surface area contributed by atoms with Crippen LogP contribution in [0.4, 0.5) is 5.69 Å². The summed E-state index contributed by atoms with van der Waals surface area (Å²) in [6.07, 6.45) is -0.323. The van der Waals surface area contributed by atoms with Gasteiger partial charge in [-0.15, -0.1) is 0 Å². The van der Waals surface area contributed by atoms with Crippen molar-refractivity contribution in [3.63, 3.8) is 0 Å². The molecule has 5 rings (SSSR count). The molecule has 0 aliphatic carbocycles. The summed E-state index contributed by atoms with van der Waals surface area (Å²) in [4.78, 5) is 19.6. The number of fused-ring (bicyclic) bond motifs is 1. The van der Waals surface area contributed by atoms with E-state index in [-0.39, 0.29) is 18.4 Å². The van der Waals surface area contributed by atoms with Gasteiger partial charge in [0.15, 0.2) is 0 Å². The summed E-state index contributed by atoms with van der Waals surface area (Å²) in [7, 11) is 0. The van der Waals surface area contributed by atoms with Gasteiger partial charge in [0.25, 0.3) is 0 Å². The summed E-state index contributed by atoms with van der Waals surface area (Å²) >= 11 is 0. The lowest BCUT2D eigenvalue weighted by Gasteiger charge is -2.19. The molecule has 2 heterocycles. The number of amides is 1. The van der Waals surface area contributed by atoms with Crippen LogP contribution in [0.3, 0.4) is 0 Å². The number of nitrogens with zero attached hydrogens (tertiary/aromatic N) is 3. The van der Waals surface area contributed by atoms with E-state index in [0.717, 1.165) is 39.4 Å². The monoisotopic (exact) mass is 455 g/mol. The summed E-state index contributed by atoms with van der Waals surface area (Å²) in [6, 6.07) is 23.7. The van der Waals surface area contributed by atoms with Crippen molar-refractivity contribution in [3.05, 3.63) is 89.7 Å². The number of imidazole rings is 1. The van der Waals surface area contributed by atoms with Crippen molar-refractivity contribution in [1.82, 2.24) is 9.55 Å². The molecule has 1 saturated heterocycles. The Hall–Kier alpha value is -3.64. The maximum absolute atomic E-state index is 12.9. The number of rotatable bonds is 7. The number of aromatic nitrogens is 2. The first-order valence-corrected chi connectivity index (χ1v) is 11.7. The van der Waals surface area contributed by atoms with Gasteiger partial charge in [-0.25, -0.2) is 4.98 Å². The number of aliphatic hydroxyl groups excluding tert-OH is 1. The Morgan fingerprint density at radius 3 is 2.41 bits per heavy atom. The number of hydrogen-bond acceptors (Lipinski definition) is 4. The van der Waals surface area contributed by atoms with Crippen LogP contribution >= 0.6 is 0 Å². The van der Waals surface area contributed by atoms with Crippen LogP contribution in [-0.4, -0.2) is 39.8 Å². The van der Waals surface area contributed by atoms with Crippen molar-refractivity contribution in [3.8, 4) is 5.75 Å². The van der Waals surface area contributed by atoms with E-state index in [1.165, 1.54) is 0 Å². The van der Waals surface area contributed by atoms with Gasteiger partial charge in [0.1, 0.15) is 24.3 Å². The molecule has 4 aromatic rings. The summed E-state index contributed by atoms with van der Waals surface area (Å²) < 4.78 is 7.86. The lowest BCUT2D eigenvalue weighted by Crippen LogP contribution is -2.26. The molecule has 1 fully saturated rings. The maximum atomic E-state index is 12.9. The molecular formula is C28H29N3O3. The van der Waals surface area contributed by atoms with Gasteiger partial charge in [0, 0.05) is 24.6 Å². The summed E-state index contributed by atoms with van der Waals surface area (Å²) in [5.41, 5.74) is 5.05. The molecule has 0 spiro atoms. The van der Waals surface area contributed by atoms with Crippen LogP contribution in [0.5, 0.6) is 5.75 Å². The number of ether oxygens (including phenoxy) is 1. The van der Waals surface area contributed by atoms with Gasteiger partial charge in [0.2, 0.25) is 5.91 Å². The molecule has 1 N–H and O–H groups in total. The Bertz CT molecular complexity index is 1290. The van der Waals surface area contributed by atoms with Crippen LogP contribution in [0.1, 0.15) is 29.3 Å². The Labute approximate surface area is 199 Å². The van der Waals surface area contributed by atoms with E-state index in [4.69, 9.17) is 9.72 Å². The molecule has 0 radical (unpaired) electrons. The third-order valence-electron chi connectivity index (χ3n) is 6.38. The fourth-order valence-corrected chi connectivity index (χ4v) is 4.54. The number of anilines is 1. The molecule has 2 unspecified atom stereocenters. The van der Waals surface area contributed by atoms with Gasteiger partial charge in [-0.2, -0.15) is 0 Å². The quantitative estimate of drug-likeness (QED) is 0.442. The third kappa shape index (κ3) is 4.54. The van der Waals surface area contributed by atoms with Crippen molar-refractivity contribution in [2.75, 3.05) is 18.1 Å². The number of aliphatic hydroxyl groups is 1. The highest BCUT2D eigenvalue weighted by Crippen LogP contribution is 2.33. The maximum Gasteiger partial charge on any atom is 0.227 e. The smallest absolute Gasteiger partial charge is 0.227 e. The van der Waals surface area contributed by atoms with Crippen molar-refractivity contribution < 1.29 is 14.6 Å². The third-order valence-corrected chi connectivity index (χ3v) is 6.38. The lowest BCUT2D eigenvalue weighted by molar-refractivity contribution is -0.117. The molecule has 34 heavy (non-hydrogen) atoms. The van der Waals surface area contributed by atoms with E-state index in [1.807, 2.05) is 91.5 Å². The van der Waals surface area contributed by atoms with Crippen LogP contribution in [0.15, 0.2) is 72.8 Å². The largest absolute Gasteiger partial charge is 0.491 e. The van der Waals surface area contributed by atoms with Crippen molar-refractivity contribution in [1.29, 1.82) is 0 Å². The number of hydrogen-bond donors (Lipinski definition) is 1. The van der Waals surface area contributed by atoms with E-state index < -0.39 is 6.10 Å².